The minimum absolute atomic E-state index is 0.0172. The molecule has 0 aliphatic heterocycles. The maximum Gasteiger partial charge on any atom is 0.130 e. The second-order valence-corrected chi connectivity index (χ2v) is 7.86. The van der Waals surface area contributed by atoms with Crippen LogP contribution in [0.2, 0.25) is 0 Å². The third-order valence-electron chi connectivity index (χ3n) is 3.45. The summed E-state index contributed by atoms with van der Waals surface area (Å²) in [7, 11) is 0. The van der Waals surface area contributed by atoms with Gasteiger partial charge < -0.3 is 9.47 Å². The van der Waals surface area contributed by atoms with Crippen LogP contribution in [0.3, 0.4) is 0 Å². The first-order valence-corrected chi connectivity index (χ1v) is 8.16. The molecule has 0 radical (unpaired) electrons. The van der Waals surface area contributed by atoms with E-state index in [0.29, 0.717) is 6.61 Å². The second-order valence-electron chi connectivity index (χ2n) is 7.86. The molecule has 0 spiro atoms. The highest BCUT2D eigenvalue weighted by molar-refractivity contribution is 5.45. The van der Waals surface area contributed by atoms with Crippen LogP contribution in [-0.2, 0) is 12.0 Å². The monoisotopic (exact) mass is 312 g/mol. The van der Waals surface area contributed by atoms with Crippen molar-refractivity contribution in [2.75, 3.05) is 0 Å². The van der Waals surface area contributed by atoms with Gasteiger partial charge in [-0.3, -0.25) is 0 Å². The first kappa shape index (κ1) is 17.4. The maximum atomic E-state index is 6.30. The lowest BCUT2D eigenvalue weighted by atomic mass is 9.85. The molecule has 0 bridgehead atoms. The molecular weight excluding hydrogens is 284 g/mol. The lowest BCUT2D eigenvalue weighted by molar-refractivity contribution is 0.124. The Bertz CT molecular complexity index is 631. The number of benzene rings is 2. The largest absolute Gasteiger partial charge is 0.489 e. The number of ether oxygens (including phenoxy) is 2. The zero-order valence-corrected chi connectivity index (χ0v) is 15.1. The van der Waals surface area contributed by atoms with E-state index >= 15 is 0 Å². The van der Waals surface area contributed by atoms with E-state index in [4.69, 9.17) is 9.47 Å². The smallest absolute Gasteiger partial charge is 0.130 e. The van der Waals surface area contributed by atoms with Crippen molar-refractivity contribution in [1.82, 2.24) is 0 Å². The van der Waals surface area contributed by atoms with Crippen molar-refractivity contribution >= 4 is 0 Å². The Labute approximate surface area is 140 Å². The van der Waals surface area contributed by atoms with Gasteiger partial charge in [0.05, 0.1) is 0 Å². The summed E-state index contributed by atoms with van der Waals surface area (Å²) < 4.78 is 12.2. The number of para-hydroxylation sites is 2. The van der Waals surface area contributed by atoms with Gasteiger partial charge in [0.15, 0.2) is 0 Å². The van der Waals surface area contributed by atoms with Gasteiger partial charge in [0, 0.05) is 5.56 Å². The van der Waals surface area contributed by atoms with Gasteiger partial charge in [-0.25, -0.2) is 0 Å². The number of hydrogen-bond donors (Lipinski definition) is 0. The van der Waals surface area contributed by atoms with Crippen LogP contribution in [0, 0.1) is 0 Å². The highest BCUT2D eigenvalue weighted by Gasteiger charge is 2.24. The molecule has 0 fully saturated rings. The molecule has 2 nitrogen and oxygen atoms in total. The SMILES string of the molecule is CC(C)(C)Oc1c(COc2ccccc2)cccc1C(C)(C)C. The molecule has 2 rings (SSSR count). The minimum atomic E-state index is -0.247. The van der Waals surface area contributed by atoms with Crippen molar-refractivity contribution in [2.24, 2.45) is 0 Å². The zero-order valence-electron chi connectivity index (χ0n) is 15.1. The Morgan fingerprint density at radius 3 is 2.00 bits per heavy atom. The molecule has 0 aliphatic rings. The maximum absolute atomic E-state index is 6.30. The van der Waals surface area contributed by atoms with E-state index in [1.54, 1.807) is 0 Å². The van der Waals surface area contributed by atoms with Gasteiger partial charge >= 0.3 is 0 Å². The fourth-order valence-electron chi connectivity index (χ4n) is 2.39. The summed E-state index contributed by atoms with van der Waals surface area (Å²) in [6.07, 6.45) is 0. The number of hydrogen-bond acceptors (Lipinski definition) is 2. The molecular formula is C21H28O2. The van der Waals surface area contributed by atoms with E-state index in [1.807, 2.05) is 30.3 Å². The molecule has 2 aromatic carbocycles. The third-order valence-corrected chi connectivity index (χ3v) is 3.45. The van der Waals surface area contributed by atoms with Crippen LogP contribution in [-0.4, -0.2) is 5.60 Å². The van der Waals surface area contributed by atoms with Crippen molar-refractivity contribution in [1.29, 1.82) is 0 Å². The van der Waals surface area contributed by atoms with Crippen LogP contribution in [0.4, 0.5) is 0 Å². The van der Waals surface area contributed by atoms with Crippen LogP contribution < -0.4 is 9.47 Å². The van der Waals surface area contributed by atoms with Gasteiger partial charge in [-0.05, 0) is 43.9 Å². The van der Waals surface area contributed by atoms with Crippen molar-refractivity contribution in [3.8, 4) is 11.5 Å². The molecule has 23 heavy (non-hydrogen) atoms. The topological polar surface area (TPSA) is 18.5 Å². The highest BCUT2D eigenvalue weighted by atomic mass is 16.5. The van der Waals surface area contributed by atoms with Crippen LogP contribution in [0.15, 0.2) is 48.5 Å². The fraction of sp³-hybridized carbons (Fsp3) is 0.429. The van der Waals surface area contributed by atoms with Crippen molar-refractivity contribution in [2.45, 2.75) is 59.2 Å². The Morgan fingerprint density at radius 2 is 1.43 bits per heavy atom. The standard InChI is InChI=1S/C21H28O2/c1-20(2,3)18-14-10-11-16(19(18)23-21(4,5)6)15-22-17-12-8-7-9-13-17/h7-14H,15H2,1-6H3. The Hall–Kier alpha value is -1.96. The van der Waals surface area contributed by atoms with Crippen LogP contribution in [0.1, 0.15) is 52.7 Å². The average molecular weight is 312 g/mol. The van der Waals surface area contributed by atoms with Crippen LogP contribution >= 0.6 is 0 Å². The summed E-state index contributed by atoms with van der Waals surface area (Å²) in [5.74, 6) is 1.82. The van der Waals surface area contributed by atoms with E-state index in [1.165, 1.54) is 5.56 Å². The van der Waals surface area contributed by atoms with E-state index < -0.39 is 0 Å². The first-order chi connectivity index (χ1) is 10.7. The summed E-state index contributed by atoms with van der Waals surface area (Å²) in [4.78, 5) is 0. The Morgan fingerprint density at radius 1 is 0.783 bits per heavy atom. The second kappa shape index (κ2) is 6.66. The molecule has 124 valence electrons. The fourth-order valence-corrected chi connectivity index (χ4v) is 2.39. The van der Waals surface area contributed by atoms with Gasteiger partial charge in [-0.2, -0.15) is 0 Å². The third kappa shape index (κ3) is 5.02. The molecule has 2 heteroatoms. The first-order valence-electron chi connectivity index (χ1n) is 8.16. The summed E-state index contributed by atoms with van der Waals surface area (Å²) in [6.45, 7) is 13.4. The zero-order chi connectivity index (χ0) is 17.1. The van der Waals surface area contributed by atoms with Gasteiger partial charge in [-0.1, -0.05) is 57.2 Å². The van der Waals surface area contributed by atoms with Gasteiger partial charge in [0.25, 0.3) is 0 Å². The summed E-state index contributed by atoms with van der Waals surface area (Å²) in [5.41, 5.74) is 2.06. The normalized spacial score (nSPS) is 12.1. The van der Waals surface area contributed by atoms with E-state index in [2.05, 4.69) is 59.7 Å². The van der Waals surface area contributed by atoms with E-state index in [0.717, 1.165) is 17.1 Å². The van der Waals surface area contributed by atoms with Gasteiger partial charge in [-0.15, -0.1) is 0 Å². The molecule has 0 atom stereocenters. The molecule has 0 heterocycles. The predicted molar refractivity (Wildman–Crippen MR) is 96.3 cm³/mol. The Kier molecular flexibility index (Phi) is 5.03. The molecule has 0 amide bonds. The number of rotatable bonds is 4. The predicted octanol–water partition coefficient (Wildman–Crippen LogP) is 5.74. The molecule has 0 N–H and O–H groups in total. The highest BCUT2D eigenvalue weighted by Crippen LogP contribution is 2.36. The quantitative estimate of drug-likeness (QED) is 0.716. The molecule has 2 aromatic rings. The van der Waals surface area contributed by atoms with Crippen molar-refractivity contribution < 1.29 is 9.47 Å². The molecule has 0 aromatic heterocycles. The van der Waals surface area contributed by atoms with Gasteiger partial charge in [0.1, 0.15) is 23.7 Å². The van der Waals surface area contributed by atoms with Crippen LogP contribution in [0.25, 0.3) is 0 Å². The summed E-state index contributed by atoms with van der Waals surface area (Å²) in [5, 5.41) is 0. The minimum Gasteiger partial charge on any atom is -0.489 e. The average Bonchev–Trinajstić information content (AvgIpc) is 2.44. The van der Waals surface area contributed by atoms with Crippen LogP contribution in [0.5, 0.6) is 11.5 Å². The molecule has 0 aliphatic carbocycles. The molecule has 0 unspecified atom stereocenters. The van der Waals surface area contributed by atoms with Crippen molar-refractivity contribution in [3.05, 3.63) is 59.7 Å². The van der Waals surface area contributed by atoms with E-state index in [9.17, 15) is 0 Å². The molecule has 0 saturated carbocycles. The molecule has 0 saturated heterocycles. The summed E-state index contributed by atoms with van der Waals surface area (Å²) >= 11 is 0. The lowest BCUT2D eigenvalue weighted by Crippen LogP contribution is -2.26. The van der Waals surface area contributed by atoms with E-state index in [-0.39, 0.29) is 11.0 Å². The Balaban J connectivity index is 2.34. The van der Waals surface area contributed by atoms with Gasteiger partial charge in [0.2, 0.25) is 0 Å². The summed E-state index contributed by atoms with van der Waals surface area (Å²) in [6, 6.07) is 16.2. The lowest BCUT2D eigenvalue weighted by Gasteiger charge is -2.30. The van der Waals surface area contributed by atoms with Crippen molar-refractivity contribution in [3.63, 3.8) is 0 Å².